The average Bonchev–Trinajstić information content (AvgIpc) is 2.71. The summed E-state index contributed by atoms with van der Waals surface area (Å²) in [4.78, 5) is 23.7. The summed E-state index contributed by atoms with van der Waals surface area (Å²) in [5.41, 5.74) is 0.334. The number of carbonyl (C=O) groups is 2. The number of aliphatic carboxylic acids is 1. The Hall–Kier alpha value is -1.93. The van der Waals surface area contributed by atoms with Gasteiger partial charge in [-0.05, 0) is 18.2 Å². The van der Waals surface area contributed by atoms with E-state index in [1.54, 1.807) is 0 Å². The van der Waals surface area contributed by atoms with Gasteiger partial charge in [0, 0.05) is 18.7 Å². The first kappa shape index (κ1) is 13.5. The van der Waals surface area contributed by atoms with Crippen molar-refractivity contribution in [3.8, 4) is 0 Å². The summed E-state index contributed by atoms with van der Waals surface area (Å²) in [7, 11) is -3.86. The molecular formula is C11H12N2O5S. The molecule has 1 aromatic rings. The quantitative estimate of drug-likeness (QED) is 0.795. The zero-order valence-electron chi connectivity index (χ0n) is 9.81. The lowest BCUT2D eigenvalue weighted by molar-refractivity contribution is -0.141. The largest absolute Gasteiger partial charge is 0.481 e. The van der Waals surface area contributed by atoms with Crippen molar-refractivity contribution >= 4 is 27.6 Å². The molecule has 1 fully saturated rings. The molecule has 0 bridgehead atoms. The summed E-state index contributed by atoms with van der Waals surface area (Å²) in [5, 5.41) is 13.9. The molecule has 0 saturated carbocycles. The van der Waals surface area contributed by atoms with E-state index in [0.29, 0.717) is 5.69 Å². The number of hydrogen-bond acceptors (Lipinski definition) is 4. The molecular weight excluding hydrogens is 272 g/mol. The van der Waals surface area contributed by atoms with Gasteiger partial charge >= 0.3 is 5.97 Å². The summed E-state index contributed by atoms with van der Waals surface area (Å²) in [6, 6.07) is 5.57. The van der Waals surface area contributed by atoms with E-state index in [9.17, 15) is 18.0 Å². The number of rotatable bonds is 3. The van der Waals surface area contributed by atoms with Gasteiger partial charge < -0.3 is 10.0 Å². The maximum absolute atomic E-state index is 11.7. The van der Waals surface area contributed by atoms with Crippen molar-refractivity contribution in [1.82, 2.24) is 0 Å². The van der Waals surface area contributed by atoms with Crippen LogP contribution in [0.25, 0.3) is 0 Å². The fraction of sp³-hybridized carbons (Fsp3) is 0.273. The standard InChI is InChI=1S/C11H12N2O5S/c12-19(17,18)9-3-1-2-8(5-9)13-6-7(11(15)16)4-10(13)14/h1-3,5,7H,4,6H2,(H,15,16)(H2,12,17,18)/t7-/m1/s1. The summed E-state index contributed by atoms with van der Waals surface area (Å²) < 4.78 is 22.5. The highest BCUT2D eigenvalue weighted by Crippen LogP contribution is 2.26. The molecule has 0 aromatic heterocycles. The Morgan fingerprint density at radius 1 is 1.42 bits per heavy atom. The van der Waals surface area contributed by atoms with Gasteiger partial charge in [-0.2, -0.15) is 0 Å². The minimum Gasteiger partial charge on any atom is -0.481 e. The summed E-state index contributed by atoms with van der Waals surface area (Å²) in [5.74, 6) is -2.16. The van der Waals surface area contributed by atoms with Gasteiger partial charge in [0.25, 0.3) is 0 Å². The molecule has 19 heavy (non-hydrogen) atoms. The van der Waals surface area contributed by atoms with E-state index in [0.717, 1.165) is 0 Å². The number of amides is 1. The van der Waals surface area contributed by atoms with Gasteiger partial charge in [-0.15, -0.1) is 0 Å². The number of nitrogens with two attached hydrogens (primary N) is 1. The Labute approximate surface area is 109 Å². The summed E-state index contributed by atoms with van der Waals surface area (Å²) >= 11 is 0. The van der Waals surface area contributed by atoms with Gasteiger partial charge in [0.1, 0.15) is 0 Å². The van der Waals surface area contributed by atoms with E-state index in [1.165, 1.54) is 29.2 Å². The van der Waals surface area contributed by atoms with Crippen LogP contribution in [-0.2, 0) is 19.6 Å². The minimum absolute atomic E-state index is 0.0300. The van der Waals surface area contributed by atoms with Crippen molar-refractivity contribution in [2.24, 2.45) is 11.1 Å². The topological polar surface area (TPSA) is 118 Å². The van der Waals surface area contributed by atoms with Crippen LogP contribution in [0.2, 0.25) is 0 Å². The van der Waals surface area contributed by atoms with Gasteiger partial charge in [0.2, 0.25) is 15.9 Å². The number of primary sulfonamides is 1. The van der Waals surface area contributed by atoms with Crippen LogP contribution in [0.1, 0.15) is 6.42 Å². The highest BCUT2D eigenvalue weighted by molar-refractivity contribution is 7.89. The third-order valence-corrected chi connectivity index (χ3v) is 3.84. The minimum atomic E-state index is -3.86. The Morgan fingerprint density at radius 3 is 2.63 bits per heavy atom. The second-order valence-electron chi connectivity index (χ2n) is 4.29. The van der Waals surface area contributed by atoms with Crippen LogP contribution in [0.4, 0.5) is 5.69 Å². The van der Waals surface area contributed by atoms with Crippen molar-refractivity contribution in [3.05, 3.63) is 24.3 Å². The van der Waals surface area contributed by atoms with E-state index in [1.807, 2.05) is 0 Å². The second-order valence-corrected chi connectivity index (χ2v) is 5.85. The van der Waals surface area contributed by atoms with Gasteiger partial charge in [-0.3, -0.25) is 9.59 Å². The maximum atomic E-state index is 11.7. The van der Waals surface area contributed by atoms with Crippen molar-refractivity contribution in [1.29, 1.82) is 0 Å². The molecule has 1 aliphatic heterocycles. The summed E-state index contributed by atoms with van der Waals surface area (Å²) in [6.07, 6.45) is -0.0884. The van der Waals surface area contributed by atoms with E-state index in [4.69, 9.17) is 10.2 Å². The van der Waals surface area contributed by atoms with E-state index < -0.39 is 21.9 Å². The number of anilines is 1. The highest BCUT2D eigenvalue weighted by Gasteiger charge is 2.35. The van der Waals surface area contributed by atoms with Crippen LogP contribution < -0.4 is 10.0 Å². The van der Waals surface area contributed by atoms with E-state index >= 15 is 0 Å². The smallest absolute Gasteiger partial charge is 0.308 e. The lowest BCUT2D eigenvalue weighted by Gasteiger charge is -2.16. The predicted octanol–water partition coefficient (Wildman–Crippen LogP) is -0.229. The first-order chi connectivity index (χ1) is 8.79. The van der Waals surface area contributed by atoms with Crippen LogP contribution in [-0.4, -0.2) is 31.9 Å². The SMILES string of the molecule is NS(=O)(=O)c1cccc(N2C[C@H](C(=O)O)CC2=O)c1. The molecule has 1 aliphatic rings. The predicted molar refractivity (Wildman–Crippen MR) is 65.9 cm³/mol. The monoisotopic (exact) mass is 284 g/mol. The number of benzene rings is 1. The van der Waals surface area contributed by atoms with Crippen LogP contribution >= 0.6 is 0 Å². The first-order valence-electron chi connectivity index (χ1n) is 5.45. The molecule has 1 heterocycles. The molecule has 1 aromatic carbocycles. The molecule has 1 atom stereocenters. The van der Waals surface area contributed by atoms with E-state index in [-0.39, 0.29) is 23.8 Å². The molecule has 3 N–H and O–H groups in total. The Kier molecular flexibility index (Phi) is 3.29. The van der Waals surface area contributed by atoms with Crippen LogP contribution in [0.5, 0.6) is 0 Å². The molecule has 0 spiro atoms. The normalized spacial score (nSPS) is 19.7. The molecule has 1 amide bonds. The van der Waals surface area contributed by atoms with Crippen LogP contribution in [0.15, 0.2) is 29.2 Å². The molecule has 7 nitrogen and oxygen atoms in total. The second kappa shape index (κ2) is 4.63. The fourth-order valence-electron chi connectivity index (χ4n) is 1.95. The zero-order chi connectivity index (χ0) is 14.2. The lowest BCUT2D eigenvalue weighted by Crippen LogP contribution is -2.26. The molecule has 1 saturated heterocycles. The van der Waals surface area contributed by atoms with Crippen molar-refractivity contribution in [2.75, 3.05) is 11.4 Å². The summed E-state index contributed by atoms with van der Waals surface area (Å²) in [6.45, 7) is 0.0300. The molecule has 0 aliphatic carbocycles. The lowest BCUT2D eigenvalue weighted by atomic mass is 10.1. The van der Waals surface area contributed by atoms with Crippen molar-refractivity contribution < 1.29 is 23.1 Å². The molecule has 8 heteroatoms. The van der Waals surface area contributed by atoms with E-state index in [2.05, 4.69) is 0 Å². The maximum Gasteiger partial charge on any atom is 0.308 e. The number of hydrogen-bond donors (Lipinski definition) is 2. The third kappa shape index (κ3) is 2.74. The highest BCUT2D eigenvalue weighted by atomic mass is 32.2. The number of carbonyl (C=O) groups excluding carboxylic acids is 1. The average molecular weight is 284 g/mol. The van der Waals surface area contributed by atoms with Crippen LogP contribution in [0.3, 0.4) is 0 Å². The van der Waals surface area contributed by atoms with Crippen molar-refractivity contribution in [3.63, 3.8) is 0 Å². The Morgan fingerprint density at radius 2 is 2.11 bits per heavy atom. The zero-order valence-corrected chi connectivity index (χ0v) is 10.6. The number of carboxylic acid groups (broad SMARTS) is 1. The van der Waals surface area contributed by atoms with Gasteiger partial charge in [-0.25, -0.2) is 13.6 Å². The Bertz CT molecular complexity index is 640. The van der Waals surface area contributed by atoms with Gasteiger partial charge in [0.15, 0.2) is 0 Å². The number of carboxylic acids is 1. The Balaban J connectivity index is 2.33. The number of sulfonamides is 1. The molecule has 0 unspecified atom stereocenters. The molecule has 2 rings (SSSR count). The fourth-order valence-corrected chi connectivity index (χ4v) is 2.50. The van der Waals surface area contributed by atoms with Gasteiger partial charge in [0.05, 0.1) is 10.8 Å². The molecule has 102 valence electrons. The first-order valence-corrected chi connectivity index (χ1v) is 6.99. The molecule has 0 radical (unpaired) electrons. The van der Waals surface area contributed by atoms with Crippen LogP contribution in [0, 0.1) is 5.92 Å². The third-order valence-electron chi connectivity index (χ3n) is 2.93. The van der Waals surface area contributed by atoms with Gasteiger partial charge in [-0.1, -0.05) is 6.07 Å². The number of nitrogens with zero attached hydrogens (tertiary/aromatic N) is 1. The van der Waals surface area contributed by atoms with Crippen molar-refractivity contribution in [2.45, 2.75) is 11.3 Å².